The predicted octanol–water partition coefficient (Wildman–Crippen LogP) is -1.35. The van der Waals surface area contributed by atoms with E-state index in [1.807, 2.05) is 0 Å². The van der Waals surface area contributed by atoms with Crippen LogP contribution < -0.4 is 20.4 Å². The number of carboxylic acid groups (broad SMARTS) is 1. The van der Waals surface area contributed by atoms with Crippen LogP contribution in [0.15, 0.2) is 9.98 Å². The van der Waals surface area contributed by atoms with Crippen molar-refractivity contribution in [3.8, 4) is 0 Å². The summed E-state index contributed by atoms with van der Waals surface area (Å²) < 4.78 is 0. The molecule has 0 saturated carbocycles. The zero-order chi connectivity index (χ0) is 19.2. The molecule has 1 rings (SSSR count). The molecule has 0 aromatic rings. The van der Waals surface area contributed by atoms with Crippen LogP contribution >= 0.6 is 0 Å². The van der Waals surface area contributed by atoms with E-state index >= 15 is 0 Å². The Morgan fingerprint density at radius 2 is 1.33 bits per heavy atom. The first kappa shape index (κ1) is 31.2. The molecule has 1 aliphatic rings. The fourth-order valence-electron chi connectivity index (χ4n) is 0.963. The number of rotatable bonds is 2. The Bertz CT molecular complexity index is 349. The van der Waals surface area contributed by atoms with Crippen LogP contribution in [-0.2, 0) is 26.5 Å². The van der Waals surface area contributed by atoms with E-state index in [-0.39, 0.29) is 21.7 Å². The quantitative estimate of drug-likeness (QED) is 0.548. The number of carbonyl (C=O) groups excluding carboxylic acids is 1. The van der Waals surface area contributed by atoms with Crippen LogP contribution in [0.1, 0.15) is 61.8 Å². The minimum absolute atomic E-state index is 0. The Hall–Kier alpha value is -0.596. The first-order valence-electron chi connectivity index (χ1n) is 7.61. The van der Waals surface area contributed by atoms with E-state index in [4.69, 9.17) is 0 Å². The smallest absolute Gasteiger partial charge is 0.852 e. The number of carboxylic acids is 1. The number of hydrogen-bond acceptors (Lipinski definition) is 7. The Labute approximate surface area is 160 Å². The first-order chi connectivity index (χ1) is 10.3. The maximum absolute atomic E-state index is 10.6. The predicted molar refractivity (Wildman–Crippen MR) is 85.0 cm³/mol. The summed E-state index contributed by atoms with van der Waals surface area (Å²) >= 11 is 0. The van der Waals surface area contributed by atoms with E-state index in [0.717, 1.165) is 0 Å². The molecule has 0 saturated heterocycles. The Morgan fingerprint density at radius 1 is 1.04 bits per heavy atom. The normalized spacial score (nSPS) is 17.7. The van der Waals surface area contributed by atoms with Crippen molar-refractivity contribution in [2.75, 3.05) is 0 Å². The maximum Gasteiger partial charge on any atom is 4.00 e. The van der Waals surface area contributed by atoms with Crippen LogP contribution in [0, 0.1) is 0 Å². The van der Waals surface area contributed by atoms with Crippen molar-refractivity contribution in [2.24, 2.45) is 9.98 Å². The topological polar surface area (TPSA) is 134 Å². The Kier molecular flexibility index (Phi) is 22.4. The number of aliphatic carboxylic acids is 1. The van der Waals surface area contributed by atoms with Gasteiger partial charge in [0.15, 0.2) is 5.66 Å². The molecule has 1 aliphatic heterocycles. The third-order valence-electron chi connectivity index (χ3n) is 1.65. The molecule has 0 aromatic heterocycles. The fraction of sp³-hybridized carbons (Fsp3) is 0.812. The standard InChI is InChI=1S/C7H10N2O2.3C3H7O.Ti/c1-3-7(6(10)11)8-4-5(2)9-7;3*1-3(2)4;/h4H,3H2,1-2H3,(H,10,11);3*3H,1-2H3;/q;3*-1;+4/p-1. The van der Waals surface area contributed by atoms with E-state index in [2.05, 4.69) is 9.98 Å². The fourth-order valence-corrected chi connectivity index (χ4v) is 0.963. The molecular weight excluding hydrogens is 348 g/mol. The van der Waals surface area contributed by atoms with E-state index < -0.39 is 29.9 Å². The Balaban J connectivity index is -0.000000130. The minimum Gasteiger partial charge on any atom is -0.852 e. The summed E-state index contributed by atoms with van der Waals surface area (Å²) in [7, 11) is 0. The number of carbonyl (C=O) groups is 1. The molecule has 0 radical (unpaired) electrons. The van der Waals surface area contributed by atoms with Crippen molar-refractivity contribution >= 4 is 17.9 Å². The van der Waals surface area contributed by atoms with Gasteiger partial charge in [-0.2, -0.15) is 0 Å². The van der Waals surface area contributed by atoms with Gasteiger partial charge in [-0.3, -0.25) is 9.98 Å². The van der Waals surface area contributed by atoms with E-state index in [1.165, 1.54) is 6.21 Å². The van der Waals surface area contributed by atoms with Crippen LogP contribution in [0.5, 0.6) is 0 Å². The van der Waals surface area contributed by atoms with Gasteiger partial charge in [-0.25, -0.2) is 0 Å². The van der Waals surface area contributed by atoms with Crippen molar-refractivity contribution in [3.05, 3.63) is 0 Å². The van der Waals surface area contributed by atoms with Crippen LogP contribution in [0.25, 0.3) is 0 Å². The van der Waals surface area contributed by atoms with Crippen molar-refractivity contribution in [2.45, 2.75) is 85.8 Å². The zero-order valence-electron chi connectivity index (χ0n) is 16.0. The first-order valence-corrected chi connectivity index (χ1v) is 7.61. The molecule has 138 valence electrons. The van der Waals surface area contributed by atoms with E-state index in [1.54, 1.807) is 55.4 Å². The van der Waals surface area contributed by atoms with Crippen molar-refractivity contribution < 1.29 is 46.9 Å². The number of aliphatic imine (C=N–C) groups is 2. The summed E-state index contributed by atoms with van der Waals surface area (Å²) in [5, 5.41) is 39.2. The third kappa shape index (κ3) is 23.7. The van der Waals surface area contributed by atoms with E-state index in [0.29, 0.717) is 12.1 Å². The van der Waals surface area contributed by atoms with Crippen LogP contribution in [0.2, 0.25) is 0 Å². The van der Waals surface area contributed by atoms with Gasteiger partial charge in [0, 0.05) is 6.21 Å². The van der Waals surface area contributed by atoms with Crippen LogP contribution in [-0.4, -0.2) is 41.9 Å². The molecule has 0 N–H and O–H groups in total. The van der Waals surface area contributed by atoms with Crippen molar-refractivity contribution in [1.29, 1.82) is 0 Å². The molecule has 1 heterocycles. The molecule has 1 unspecified atom stereocenters. The van der Waals surface area contributed by atoms with Crippen LogP contribution in [0.4, 0.5) is 0 Å². The Morgan fingerprint density at radius 3 is 1.42 bits per heavy atom. The van der Waals surface area contributed by atoms with Gasteiger partial charge in [0.05, 0.1) is 11.7 Å². The van der Waals surface area contributed by atoms with E-state index in [9.17, 15) is 25.2 Å². The summed E-state index contributed by atoms with van der Waals surface area (Å²) in [5.41, 5.74) is -0.694. The average Bonchev–Trinajstić information content (AvgIpc) is 2.70. The molecule has 1 atom stereocenters. The van der Waals surface area contributed by atoms with Gasteiger partial charge in [0.1, 0.15) is 0 Å². The molecule has 8 heteroatoms. The summed E-state index contributed by atoms with van der Waals surface area (Å²) in [4.78, 5) is 18.2. The van der Waals surface area contributed by atoms with Gasteiger partial charge in [0.25, 0.3) is 0 Å². The molecule has 0 bridgehead atoms. The zero-order valence-corrected chi connectivity index (χ0v) is 17.5. The van der Waals surface area contributed by atoms with Gasteiger partial charge in [-0.05, 0) is 13.3 Å². The largest absolute Gasteiger partial charge is 4.00 e. The molecule has 0 aromatic carbocycles. The number of hydrogen-bond donors (Lipinski definition) is 0. The van der Waals surface area contributed by atoms with Crippen LogP contribution in [0.3, 0.4) is 0 Å². The van der Waals surface area contributed by atoms with Gasteiger partial charge < -0.3 is 25.2 Å². The average molecular weight is 378 g/mol. The summed E-state index contributed by atoms with van der Waals surface area (Å²) in [6, 6.07) is 0. The molecule has 0 fully saturated rings. The van der Waals surface area contributed by atoms with Crippen molar-refractivity contribution in [1.82, 2.24) is 0 Å². The SMILES string of the molecule is CC(C)[O-].CC(C)[O-].CC(C)[O-].CCC1(C(=O)[O-])N=CC(C)=N1.[Ti+4]. The third-order valence-corrected chi connectivity index (χ3v) is 1.65. The van der Waals surface area contributed by atoms with Gasteiger partial charge >= 0.3 is 21.7 Å². The monoisotopic (exact) mass is 378 g/mol. The molecule has 24 heavy (non-hydrogen) atoms. The van der Waals surface area contributed by atoms with Gasteiger partial charge in [-0.1, -0.05) is 48.5 Å². The summed E-state index contributed by atoms with van der Waals surface area (Å²) in [6.45, 7) is 13.1. The second-order valence-corrected chi connectivity index (χ2v) is 5.62. The number of nitrogens with zero attached hydrogens (tertiary/aromatic N) is 2. The summed E-state index contributed by atoms with van der Waals surface area (Å²) in [6.07, 6.45) is 0.544. The van der Waals surface area contributed by atoms with Crippen molar-refractivity contribution in [3.63, 3.8) is 0 Å². The minimum atomic E-state index is -1.33. The molecule has 0 aliphatic carbocycles. The molecule has 0 amide bonds. The van der Waals surface area contributed by atoms with Gasteiger partial charge in [-0.15, -0.1) is 18.3 Å². The second-order valence-electron chi connectivity index (χ2n) is 5.62. The second kappa shape index (κ2) is 17.2. The molecule has 0 spiro atoms. The maximum atomic E-state index is 10.6. The molecule has 7 nitrogen and oxygen atoms in total. The summed E-state index contributed by atoms with van der Waals surface area (Å²) in [5.74, 6) is -1.23. The van der Waals surface area contributed by atoms with Gasteiger partial charge in [0.2, 0.25) is 0 Å². The molecular formula is C16H30N2O5Ti.